The molecule has 0 saturated carbocycles. The molecule has 2 aromatic carbocycles. The average molecular weight is 367 g/mol. The molecule has 3 heterocycles. The van der Waals surface area contributed by atoms with Crippen LogP contribution in [-0.2, 0) is 6.42 Å². The lowest BCUT2D eigenvalue weighted by atomic mass is 10.1. The number of hydrogen-bond acceptors (Lipinski definition) is 4. The molecule has 136 valence electrons. The number of hydrogen-bond donors (Lipinski definition) is 0. The van der Waals surface area contributed by atoms with E-state index in [2.05, 4.69) is 56.8 Å². The number of imidazole rings is 1. The standard InChI is InChI=1S/C22H17N5O/c1-15-3-10-20-22(11-15)27-17(13-24-25-27)12-21-19(23-14-26(20)21)9-6-16-4-7-18(28-2)8-5-16/h3-5,7-8,10-11,13-14H,12H2,1-2H3. The normalized spacial score (nSPS) is 11.5. The maximum atomic E-state index is 5.20. The van der Waals surface area contributed by atoms with E-state index >= 15 is 0 Å². The van der Waals surface area contributed by atoms with Gasteiger partial charge in [0.1, 0.15) is 17.8 Å². The Morgan fingerprint density at radius 3 is 2.71 bits per heavy atom. The number of aromatic nitrogens is 5. The summed E-state index contributed by atoms with van der Waals surface area (Å²) in [5.41, 5.74) is 6.91. The number of ether oxygens (including phenoxy) is 1. The Hall–Kier alpha value is -3.85. The second kappa shape index (κ2) is 6.39. The lowest BCUT2D eigenvalue weighted by molar-refractivity contribution is 0.415. The Labute approximate surface area is 162 Å². The average Bonchev–Trinajstić information content (AvgIpc) is 3.32. The zero-order chi connectivity index (χ0) is 19.1. The van der Waals surface area contributed by atoms with Gasteiger partial charge in [0.25, 0.3) is 0 Å². The van der Waals surface area contributed by atoms with E-state index in [1.807, 2.05) is 35.3 Å². The van der Waals surface area contributed by atoms with Crippen molar-refractivity contribution in [3.63, 3.8) is 0 Å². The minimum absolute atomic E-state index is 0.660. The molecule has 0 radical (unpaired) electrons. The SMILES string of the molecule is COc1ccc(C#Cc2ncn3c2Cc2cnnn2-c2cc(C)ccc2-3)cc1. The Morgan fingerprint density at radius 2 is 1.89 bits per heavy atom. The number of fused-ring (bicyclic) bond motifs is 5. The molecular formula is C22H17N5O. The van der Waals surface area contributed by atoms with E-state index in [1.165, 1.54) is 5.56 Å². The van der Waals surface area contributed by atoms with Crippen LogP contribution in [0.15, 0.2) is 55.0 Å². The summed E-state index contributed by atoms with van der Waals surface area (Å²) in [5, 5.41) is 8.39. The quantitative estimate of drug-likeness (QED) is 0.427. The molecule has 0 aliphatic carbocycles. The van der Waals surface area contributed by atoms with Gasteiger partial charge in [0.2, 0.25) is 0 Å². The van der Waals surface area contributed by atoms with Gasteiger partial charge in [-0.15, -0.1) is 5.10 Å². The Kier molecular flexibility index (Phi) is 3.73. The predicted octanol–water partition coefficient (Wildman–Crippen LogP) is 3.07. The van der Waals surface area contributed by atoms with Crippen molar-refractivity contribution in [1.82, 2.24) is 24.5 Å². The van der Waals surface area contributed by atoms with Gasteiger partial charge >= 0.3 is 0 Å². The van der Waals surface area contributed by atoms with E-state index in [4.69, 9.17) is 4.74 Å². The monoisotopic (exact) mass is 367 g/mol. The molecule has 0 atom stereocenters. The Balaban J connectivity index is 1.62. The smallest absolute Gasteiger partial charge is 0.135 e. The first kappa shape index (κ1) is 16.3. The van der Waals surface area contributed by atoms with Crippen LogP contribution >= 0.6 is 0 Å². The van der Waals surface area contributed by atoms with Crippen molar-refractivity contribution in [2.24, 2.45) is 0 Å². The number of benzene rings is 2. The highest BCUT2D eigenvalue weighted by Gasteiger charge is 2.22. The predicted molar refractivity (Wildman–Crippen MR) is 105 cm³/mol. The molecule has 0 amide bonds. The summed E-state index contributed by atoms with van der Waals surface area (Å²) in [5.74, 6) is 7.24. The topological polar surface area (TPSA) is 57.8 Å². The van der Waals surface area contributed by atoms with Crippen LogP contribution < -0.4 is 4.74 Å². The van der Waals surface area contributed by atoms with Crippen molar-refractivity contribution in [1.29, 1.82) is 0 Å². The molecule has 5 rings (SSSR count). The van der Waals surface area contributed by atoms with Crippen LogP contribution in [0.3, 0.4) is 0 Å². The van der Waals surface area contributed by atoms with Crippen LogP contribution in [0, 0.1) is 18.8 Å². The van der Waals surface area contributed by atoms with Gasteiger partial charge < -0.3 is 4.74 Å². The van der Waals surface area contributed by atoms with Gasteiger partial charge in [-0.3, -0.25) is 4.57 Å². The number of rotatable bonds is 1. The molecule has 0 saturated heterocycles. The van der Waals surface area contributed by atoms with Gasteiger partial charge in [-0.25, -0.2) is 9.67 Å². The fourth-order valence-electron chi connectivity index (χ4n) is 3.42. The summed E-state index contributed by atoms with van der Waals surface area (Å²) in [6.45, 7) is 2.07. The zero-order valence-electron chi connectivity index (χ0n) is 15.5. The van der Waals surface area contributed by atoms with E-state index in [0.29, 0.717) is 6.42 Å². The fraction of sp³-hybridized carbons (Fsp3) is 0.136. The fourth-order valence-corrected chi connectivity index (χ4v) is 3.42. The highest BCUT2D eigenvalue weighted by Crippen LogP contribution is 2.29. The first-order valence-corrected chi connectivity index (χ1v) is 8.96. The van der Waals surface area contributed by atoms with E-state index in [0.717, 1.165) is 39.8 Å². The molecule has 0 spiro atoms. The van der Waals surface area contributed by atoms with Crippen LogP contribution in [-0.4, -0.2) is 31.7 Å². The molecule has 6 nitrogen and oxygen atoms in total. The molecule has 0 unspecified atom stereocenters. The van der Waals surface area contributed by atoms with Gasteiger partial charge in [-0.1, -0.05) is 17.2 Å². The Morgan fingerprint density at radius 1 is 1.04 bits per heavy atom. The first-order chi connectivity index (χ1) is 13.7. The highest BCUT2D eigenvalue weighted by atomic mass is 16.5. The van der Waals surface area contributed by atoms with Crippen molar-refractivity contribution in [3.05, 3.63) is 83.2 Å². The van der Waals surface area contributed by atoms with Crippen molar-refractivity contribution < 1.29 is 4.74 Å². The minimum Gasteiger partial charge on any atom is -0.497 e. The third kappa shape index (κ3) is 2.65. The lowest BCUT2D eigenvalue weighted by Crippen LogP contribution is -2.03. The molecule has 0 bridgehead atoms. The maximum Gasteiger partial charge on any atom is 0.135 e. The van der Waals surface area contributed by atoms with Gasteiger partial charge in [0, 0.05) is 12.0 Å². The second-order valence-electron chi connectivity index (χ2n) is 6.69. The Bertz CT molecular complexity index is 1240. The molecule has 0 fully saturated rings. The number of aryl methyl sites for hydroxylation is 1. The van der Waals surface area contributed by atoms with Gasteiger partial charge in [0.05, 0.1) is 36.1 Å². The van der Waals surface area contributed by atoms with Crippen LogP contribution in [0.5, 0.6) is 5.75 Å². The summed E-state index contributed by atoms with van der Waals surface area (Å²) in [6, 6.07) is 14.0. The molecule has 28 heavy (non-hydrogen) atoms. The van der Waals surface area contributed by atoms with E-state index < -0.39 is 0 Å². The summed E-state index contributed by atoms with van der Waals surface area (Å²) < 4.78 is 9.19. The summed E-state index contributed by atoms with van der Waals surface area (Å²) in [7, 11) is 1.65. The van der Waals surface area contributed by atoms with Gasteiger partial charge in [0.15, 0.2) is 0 Å². The lowest BCUT2D eigenvalue weighted by Gasteiger charge is -2.10. The van der Waals surface area contributed by atoms with E-state index in [-0.39, 0.29) is 0 Å². The number of nitrogens with zero attached hydrogens (tertiary/aromatic N) is 5. The van der Waals surface area contributed by atoms with Crippen molar-refractivity contribution in [2.75, 3.05) is 7.11 Å². The summed E-state index contributed by atoms with van der Waals surface area (Å²) in [6.07, 6.45) is 4.30. The highest BCUT2D eigenvalue weighted by molar-refractivity contribution is 5.58. The van der Waals surface area contributed by atoms with E-state index in [1.54, 1.807) is 13.3 Å². The summed E-state index contributed by atoms with van der Waals surface area (Å²) in [4.78, 5) is 4.58. The molecule has 6 heteroatoms. The first-order valence-electron chi connectivity index (χ1n) is 8.96. The zero-order valence-corrected chi connectivity index (χ0v) is 15.5. The van der Waals surface area contributed by atoms with Crippen LogP contribution in [0.25, 0.3) is 11.4 Å². The van der Waals surface area contributed by atoms with Crippen LogP contribution in [0.1, 0.15) is 28.2 Å². The van der Waals surface area contributed by atoms with Crippen LogP contribution in [0.4, 0.5) is 0 Å². The second-order valence-corrected chi connectivity index (χ2v) is 6.69. The molecule has 1 aliphatic rings. The molecular weight excluding hydrogens is 350 g/mol. The minimum atomic E-state index is 0.660. The molecule has 4 aromatic rings. The summed E-state index contributed by atoms with van der Waals surface area (Å²) >= 11 is 0. The molecule has 1 aliphatic heterocycles. The van der Waals surface area contributed by atoms with Gasteiger partial charge in [-0.2, -0.15) is 0 Å². The van der Waals surface area contributed by atoms with Crippen LogP contribution in [0.2, 0.25) is 0 Å². The van der Waals surface area contributed by atoms with Crippen molar-refractivity contribution in [3.8, 4) is 29.0 Å². The molecule has 0 N–H and O–H groups in total. The van der Waals surface area contributed by atoms with E-state index in [9.17, 15) is 0 Å². The molecule has 2 aromatic heterocycles. The van der Waals surface area contributed by atoms with Crippen molar-refractivity contribution >= 4 is 0 Å². The third-order valence-electron chi connectivity index (χ3n) is 4.87. The largest absolute Gasteiger partial charge is 0.497 e. The number of methoxy groups -OCH3 is 1. The van der Waals surface area contributed by atoms with Gasteiger partial charge in [-0.05, 0) is 54.8 Å². The third-order valence-corrected chi connectivity index (χ3v) is 4.87. The van der Waals surface area contributed by atoms with Crippen molar-refractivity contribution in [2.45, 2.75) is 13.3 Å². The maximum absolute atomic E-state index is 5.20.